The van der Waals surface area contributed by atoms with Gasteiger partial charge in [0.15, 0.2) is 0 Å². The molecule has 1 saturated heterocycles. The van der Waals surface area contributed by atoms with Gasteiger partial charge in [0.1, 0.15) is 6.04 Å². The van der Waals surface area contributed by atoms with Crippen LogP contribution >= 0.6 is 0 Å². The van der Waals surface area contributed by atoms with Crippen molar-refractivity contribution >= 4 is 15.9 Å². The number of aryl methyl sites for hydroxylation is 1. The maximum atomic E-state index is 12.9. The number of amides is 1. The van der Waals surface area contributed by atoms with Crippen LogP contribution in [-0.4, -0.2) is 37.3 Å². The molecule has 0 aromatic heterocycles. The predicted octanol–water partition coefficient (Wildman–Crippen LogP) is 2.60. The molecule has 24 heavy (non-hydrogen) atoms. The van der Waals surface area contributed by atoms with Crippen LogP contribution < -0.4 is 5.32 Å². The van der Waals surface area contributed by atoms with Crippen LogP contribution in [0.15, 0.2) is 29.2 Å². The second-order valence-corrected chi connectivity index (χ2v) is 8.82. The van der Waals surface area contributed by atoms with E-state index in [2.05, 4.69) is 5.32 Å². The van der Waals surface area contributed by atoms with Gasteiger partial charge in [-0.3, -0.25) is 4.79 Å². The number of hydrogen-bond donors (Lipinski definition) is 1. The molecule has 0 radical (unpaired) electrons. The molecule has 1 amide bonds. The van der Waals surface area contributed by atoms with Gasteiger partial charge in [-0.25, -0.2) is 8.42 Å². The summed E-state index contributed by atoms with van der Waals surface area (Å²) in [5, 5.41) is 3.08. The van der Waals surface area contributed by atoms with Gasteiger partial charge >= 0.3 is 0 Å². The Kier molecular flexibility index (Phi) is 5.25. The Morgan fingerprint density at radius 3 is 2.58 bits per heavy atom. The zero-order valence-electron chi connectivity index (χ0n) is 14.2. The zero-order chi connectivity index (χ0) is 17.2. The number of hydrogen-bond acceptors (Lipinski definition) is 3. The first kappa shape index (κ1) is 17.4. The average molecular weight is 350 g/mol. The minimum Gasteiger partial charge on any atom is -0.352 e. The van der Waals surface area contributed by atoms with E-state index in [-0.39, 0.29) is 16.8 Å². The van der Waals surface area contributed by atoms with Crippen LogP contribution in [0.2, 0.25) is 0 Å². The highest BCUT2D eigenvalue weighted by atomic mass is 32.2. The van der Waals surface area contributed by atoms with E-state index >= 15 is 0 Å². The molecule has 0 spiro atoms. The van der Waals surface area contributed by atoms with Crippen LogP contribution in [-0.2, 0) is 14.8 Å². The Morgan fingerprint density at radius 2 is 1.88 bits per heavy atom. The molecule has 0 unspecified atom stereocenters. The van der Waals surface area contributed by atoms with Crippen LogP contribution in [0.1, 0.15) is 50.5 Å². The van der Waals surface area contributed by atoms with E-state index in [0.29, 0.717) is 13.0 Å². The highest BCUT2D eigenvalue weighted by Gasteiger charge is 2.39. The Balaban J connectivity index is 1.75. The summed E-state index contributed by atoms with van der Waals surface area (Å²) in [5.74, 6) is -0.129. The normalized spacial score (nSPS) is 23.3. The summed E-state index contributed by atoms with van der Waals surface area (Å²) in [6.45, 7) is 2.29. The third-order valence-electron chi connectivity index (χ3n) is 5.05. The summed E-state index contributed by atoms with van der Waals surface area (Å²) in [7, 11) is -3.62. The van der Waals surface area contributed by atoms with Crippen molar-refractivity contribution in [2.75, 3.05) is 6.54 Å². The second-order valence-electron chi connectivity index (χ2n) is 6.93. The maximum absolute atomic E-state index is 12.9. The molecule has 132 valence electrons. The summed E-state index contributed by atoms with van der Waals surface area (Å²) in [6, 6.07) is 6.53. The van der Waals surface area contributed by atoms with Crippen molar-refractivity contribution in [3.8, 4) is 0 Å². The van der Waals surface area contributed by atoms with E-state index in [0.717, 1.165) is 37.7 Å². The van der Waals surface area contributed by atoms with Crippen LogP contribution in [0.3, 0.4) is 0 Å². The lowest BCUT2D eigenvalue weighted by atomic mass is 9.95. The first-order valence-corrected chi connectivity index (χ1v) is 10.3. The van der Waals surface area contributed by atoms with Gasteiger partial charge < -0.3 is 5.32 Å². The molecule has 1 heterocycles. The van der Waals surface area contributed by atoms with Gasteiger partial charge in [-0.05, 0) is 50.3 Å². The first-order valence-electron chi connectivity index (χ1n) is 8.87. The van der Waals surface area contributed by atoms with Gasteiger partial charge in [0.25, 0.3) is 0 Å². The lowest BCUT2D eigenvalue weighted by Gasteiger charge is -2.28. The van der Waals surface area contributed by atoms with Gasteiger partial charge in [0.2, 0.25) is 15.9 Å². The van der Waals surface area contributed by atoms with Crippen LogP contribution in [0, 0.1) is 6.92 Å². The minimum absolute atomic E-state index is 0.129. The fraction of sp³-hybridized carbons (Fsp3) is 0.611. The van der Waals surface area contributed by atoms with Gasteiger partial charge in [-0.2, -0.15) is 4.31 Å². The van der Waals surface area contributed by atoms with Crippen LogP contribution in [0.5, 0.6) is 0 Å². The van der Waals surface area contributed by atoms with Crippen molar-refractivity contribution in [2.45, 2.75) is 68.8 Å². The molecule has 1 aromatic carbocycles. The molecule has 1 aliphatic heterocycles. The molecule has 3 rings (SSSR count). The molecular weight excluding hydrogens is 324 g/mol. The fourth-order valence-electron chi connectivity index (χ4n) is 3.75. The van der Waals surface area contributed by atoms with Gasteiger partial charge in [0.05, 0.1) is 4.90 Å². The Morgan fingerprint density at radius 1 is 1.12 bits per heavy atom. The smallest absolute Gasteiger partial charge is 0.243 e. The number of carbonyl (C=O) groups is 1. The van der Waals surface area contributed by atoms with Crippen molar-refractivity contribution in [3.05, 3.63) is 29.8 Å². The third-order valence-corrected chi connectivity index (χ3v) is 6.96. The summed E-state index contributed by atoms with van der Waals surface area (Å²) in [5.41, 5.74) is 0.901. The summed E-state index contributed by atoms with van der Waals surface area (Å²) < 4.78 is 27.3. The Bertz CT molecular complexity index is 696. The minimum atomic E-state index is -3.62. The van der Waals surface area contributed by atoms with Crippen molar-refractivity contribution in [3.63, 3.8) is 0 Å². The molecule has 1 aliphatic carbocycles. The number of sulfonamides is 1. The molecule has 1 aromatic rings. The Hall–Kier alpha value is -1.40. The molecule has 0 bridgehead atoms. The second kappa shape index (κ2) is 7.23. The van der Waals surface area contributed by atoms with Gasteiger partial charge in [0, 0.05) is 12.6 Å². The highest BCUT2D eigenvalue weighted by molar-refractivity contribution is 7.89. The van der Waals surface area contributed by atoms with Gasteiger partial charge in [-0.15, -0.1) is 0 Å². The molecule has 1 saturated carbocycles. The standard InChI is InChI=1S/C18H26N2O3S/c1-14-7-5-10-16(13-14)24(22,23)20-12-6-11-17(20)18(21)19-15-8-3-2-4-9-15/h5,7,10,13,15,17H,2-4,6,8-9,11-12H2,1H3,(H,19,21)/t17-/m0/s1. The average Bonchev–Trinajstić information content (AvgIpc) is 3.06. The van der Waals surface area contributed by atoms with Gasteiger partial charge in [-0.1, -0.05) is 31.4 Å². The van der Waals surface area contributed by atoms with Crippen molar-refractivity contribution < 1.29 is 13.2 Å². The third kappa shape index (κ3) is 3.64. The lowest BCUT2D eigenvalue weighted by Crippen LogP contribution is -2.49. The predicted molar refractivity (Wildman–Crippen MR) is 93.1 cm³/mol. The molecule has 2 aliphatic rings. The monoisotopic (exact) mass is 350 g/mol. The number of rotatable bonds is 4. The topological polar surface area (TPSA) is 66.5 Å². The Labute approximate surface area is 144 Å². The van der Waals surface area contributed by atoms with Crippen molar-refractivity contribution in [2.24, 2.45) is 0 Å². The quantitative estimate of drug-likeness (QED) is 0.908. The number of carbonyl (C=O) groups excluding carboxylic acids is 1. The molecule has 2 fully saturated rings. The van der Waals surface area contributed by atoms with E-state index < -0.39 is 16.1 Å². The summed E-state index contributed by atoms with van der Waals surface area (Å²) >= 11 is 0. The number of benzene rings is 1. The van der Waals surface area contributed by atoms with Crippen LogP contribution in [0.25, 0.3) is 0 Å². The van der Waals surface area contributed by atoms with E-state index in [9.17, 15) is 13.2 Å². The van der Waals surface area contributed by atoms with E-state index in [1.165, 1.54) is 10.7 Å². The SMILES string of the molecule is Cc1cccc(S(=O)(=O)N2CCC[C@H]2C(=O)NC2CCCCC2)c1. The summed E-state index contributed by atoms with van der Waals surface area (Å²) in [6.07, 6.45) is 6.84. The van der Waals surface area contributed by atoms with E-state index in [1.807, 2.05) is 13.0 Å². The van der Waals surface area contributed by atoms with Crippen molar-refractivity contribution in [1.82, 2.24) is 9.62 Å². The summed E-state index contributed by atoms with van der Waals surface area (Å²) in [4.78, 5) is 12.9. The van der Waals surface area contributed by atoms with E-state index in [1.54, 1.807) is 18.2 Å². The molecule has 6 heteroatoms. The largest absolute Gasteiger partial charge is 0.352 e. The molecule has 5 nitrogen and oxygen atoms in total. The first-order chi connectivity index (χ1) is 11.5. The maximum Gasteiger partial charge on any atom is 0.243 e. The molecule has 1 atom stereocenters. The van der Waals surface area contributed by atoms with E-state index in [4.69, 9.17) is 0 Å². The highest BCUT2D eigenvalue weighted by Crippen LogP contribution is 2.27. The molecular formula is C18H26N2O3S. The number of nitrogens with zero attached hydrogens (tertiary/aromatic N) is 1. The zero-order valence-corrected chi connectivity index (χ0v) is 15.0. The van der Waals surface area contributed by atoms with Crippen LogP contribution in [0.4, 0.5) is 0 Å². The fourth-order valence-corrected chi connectivity index (χ4v) is 5.51. The number of nitrogens with one attached hydrogen (secondary N) is 1. The lowest BCUT2D eigenvalue weighted by molar-refractivity contribution is -0.125. The van der Waals surface area contributed by atoms with Crippen molar-refractivity contribution in [1.29, 1.82) is 0 Å². The molecule has 1 N–H and O–H groups in total.